The molecular formula is C23H31F2N3O4. The fourth-order valence-corrected chi connectivity index (χ4v) is 4.63. The summed E-state index contributed by atoms with van der Waals surface area (Å²) >= 11 is 0. The SMILES string of the molecule is CC(C)(C)OC(=O)NC(CC(=O)N1CCCCC1C(N)=O)C1CCc2cc(F)c(F)cc21. The molecule has 3 unspecified atom stereocenters. The average Bonchev–Trinajstić information content (AvgIpc) is 3.08. The highest BCUT2D eigenvalue weighted by molar-refractivity contribution is 5.87. The molecule has 3 amide bonds. The molecule has 1 saturated heterocycles. The second-order valence-corrected chi connectivity index (χ2v) is 9.57. The Kier molecular flexibility index (Phi) is 7.05. The molecule has 3 N–H and O–H groups in total. The smallest absolute Gasteiger partial charge is 0.407 e. The van der Waals surface area contributed by atoms with E-state index in [1.165, 1.54) is 11.0 Å². The van der Waals surface area contributed by atoms with Gasteiger partial charge in [-0.3, -0.25) is 9.59 Å². The van der Waals surface area contributed by atoms with Gasteiger partial charge in [-0.25, -0.2) is 13.6 Å². The molecule has 2 aliphatic rings. The lowest BCUT2D eigenvalue weighted by molar-refractivity contribution is -0.141. The number of ether oxygens (including phenoxy) is 1. The van der Waals surface area contributed by atoms with Crippen LogP contribution >= 0.6 is 0 Å². The summed E-state index contributed by atoms with van der Waals surface area (Å²) in [7, 11) is 0. The van der Waals surface area contributed by atoms with Crippen molar-refractivity contribution in [2.45, 2.75) is 82.9 Å². The number of nitrogens with zero attached hydrogens (tertiary/aromatic N) is 1. The molecule has 3 atom stereocenters. The molecule has 176 valence electrons. The van der Waals surface area contributed by atoms with Gasteiger partial charge in [-0.15, -0.1) is 0 Å². The Balaban J connectivity index is 1.85. The number of halogens is 2. The van der Waals surface area contributed by atoms with Crippen molar-refractivity contribution in [2.75, 3.05) is 6.54 Å². The molecule has 0 aromatic heterocycles. The zero-order valence-electron chi connectivity index (χ0n) is 18.7. The van der Waals surface area contributed by atoms with Crippen LogP contribution < -0.4 is 11.1 Å². The van der Waals surface area contributed by atoms with E-state index in [1.807, 2.05) is 0 Å². The number of nitrogens with one attached hydrogen (secondary N) is 1. The van der Waals surface area contributed by atoms with Gasteiger partial charge in [0.25, 0.3) is 0 Å². The van der Waals surface area contributed by atoms with Crippen LogP contribution in [0, 0.1) is 11.6 Å². The van der Waals surface area contributed by atoms with Crippen LogP contribution in [0.3, 0.4) is 0 Å². The first-order valence-electron chi connectivity index (χ1n) is 11.0. The molecule has 0 bridgehead atoms. The molecule has 1 aliphatic heterocycles. The number of hydrogen-bond donors (Lipinski definition) is 2. The van der Waals surface area contributed by atoms with E-state index in [0.29, 0.717) is 36.9 Å². The van der Waals surface area contributed by atoms with E-state index in [0.717, 1.165) is 18.9 Å². The number of piperidine rings is 1. The Morgan fingerprint density at radius 2 is 1.88 bits per heavy atom. The number of alkyl carbamates (subject to hydrolysis) is 1. The minimum atomic E-state index is -0.970. The van der Waals surface area contributed by atoms with Gasteiger partial charge >= 0.3 is 6.09 Å². The largest absolute Gasteiger partial charge is 0.444 e. The van der Waals surface area contributed by atoms with Crippen LogP contribution in [0.25, 0.3) is 0 Å². The third-order valence-electron chi connectivity index (χ3n) is 6.04. The normalized spacial score (nSPS) is 21.6. The fourth-order valence-electron chi connectivity index (χ4n) is 4.63. The first-order chi connectivity index (χ1) is 15.0. The quantitative estimate of drug-likeness (QED) is 0.718. The molecule has 1 heterocycles. The van der Waals surface area contributed by atoms with E-state index >= 15 is 0 Å². The Bertz CT molecular complexity index is 900. The number of benzene rings is 1. The molecule has 0 saturated carbocycles. The maximum atomic E-state index is 14.0. The number of nitrogens with two attached hydrogens (primary N) is 1. The van der Waals surface area contributed by atoms with Crippen LogP contribution in [0.1, 0.15) is 69.9 Å². The maximum Gasteiger partial charge on any atom is 0.407 e. The molecule has 7 nitrogen and oxygen atoms in total. The molecule has 1 aromatic carbocycles. The molecule has 1 fully saturated rings. The third-order valence-corrected chi connectivity index (χ3v) is 6.04. The molecule has 9 heteroatoms. The van der Waals surface area contributed by atoms with Gasteiger partial charge in [-0.1, -0.05) is 0 Å². The van der Waals surface area contributed by atoms with Crippen molar-refractivity contribution in [2.24, 2.45) is 5.73 Å². The van der Waals surface area contributed by atoms with E-state index < -0.39 is 47.2 Å². The summed E-state index contributed by atoms with van der Waals surface area (Å²) in [6, 6.07) is 0.925. The van der Waals surface area contributed by atoms with Gasteiger partial charge in [0.1, 0.15) is 11.6 Å². The molecular weight excluding hydrogens is 420 g/mol. The Morgan fingerprint density at radius 3 is 2.53 bits per heavy atom. The van der Waals surface area contributed by atoms with E-state index in [1.54, 1.807) is 20.8 Å². The standard InChI is InChI=1S/C23H31F2N3O4/c1-23(2,3)32-22(31)27-18(12-20(29)28-9-5-4-6-19(28)21(26)30)14-8-7-13-10-16(24)17(25)11-15(13)14/h10-11,14,18-19H,4-9,12H2,1-3H3,(H2,26,30)(H,27,31). The second kappa shape index (κ2) is 9.42. The van der Waals surface area contributed by atoms with Crippen LogP contribution in [-0.2, 0) is 20.7 Å². The predicted octanol–water partition coefficient (Wildman–Crippen LogP) is 3.14. The lowest BCUT2D eigenvalue weighted by atomic mass is 9.90. The van der Waals surface area contributed by atoms with Crippen LogP contribution in [0.4, 0.5) is 13.6 Å². The monoisotopic (exact) mass is 451 g/mol. The number of amides is 3. The molecule has 3 rings (SSSR count). The number of carbonyl (C=O) groups is 3. The number of primary amides is 1. The molecule has 1 aromatic rings. The zero-order chi connectivity index (χ0) is 23.6. The molecule has 0 radical (unpaired) electrons. The molecule has 1 aliphatic carbocycles. The number of fused-ring (bicyclic) bond motifs is 1. The summed E-state index contributed by atoms with van der Waals surface area (Å²) in [5.74, 6) is -3.16. The first kappa shape index (κ1) is 23.9. The van der Waals surface area contributed by atoms with Gasteiger partial charge in [0.15, 0.2) is 11.6 Å². The second-order valence-electron chi connectivity index (χ2n) is 9.57. The average molecular weight is 452 g/mol. The van der Waals surface area contributed by atoms with Crippen LogP contribution in [0.15, 0.2) is 12.1 Å². The summed E-state index contributed by atoms with van der Waals surface area (Å²) in [6.45, 7) is 5.58. The van der Waals surface area contributed by atoms with E-state index in [-0.39, 0.29) is 12.3 Å². The van der Waals surface area contributed by atoms with Crippen molar-refractivity contribution in [3.63, 3.8) is 0 Å². The summed E-state index contributed by atoms with van der Waals surface area (Å²) < 4.78 is 33.0. The van der Waals surface area contributed by atoms with E-state index in [4.69, 9.17) is 10.5 Å². The van der Waals surface area contributed by atoms with Crippen molar-refractivity contribution in [3.8, 4) is 0 Å². The van der Waals surface area contributed by atoms with Gasteiger partial charge in [0.2, 0.25) is 11.8 Å². The minimum absolute atomic E-state index is 0.105. The number of likely N-dealkylation sites (tertiary alicyclic amines) is 1. The van der Waals surface area contributed by atoms with Gasteiger partial charge in [0.05, 0.1) is 0 Å². The van der Waals surface area contributed by atoms with Gasteiger partial charge in [-0.05, 0) is 76.1 Å². The lowest BCUT2D eigenvalue weighted by Gasteiger charge is -2.35. The number of carbonyl (C=O) groups excluding carboxylic acids is 3. The highest BCUT2D eigenvalue weighted by atomic mass is 19.2. The zero-order valence-corrected chi connectivity index (χ0v) is 18.7. The highest BCUT2D eigenvalue weighted by Gasteiger charge is 2.37. The summed E-state index contributed by atoms with van der Waals surface area (Å²) in [6.07, 6.45) is 2.29. The topological polar surface area (TPSA) is 102 Å². The summed E-state index contributed by atoms with van der Waals surface area (Å²) in [5, 5.41) is 2.76. The van der Waals surface area contributed by atoms with E-state index in [9.17, 15) is 23.2 Å². The van der Waals surface area contributed by atoms with Crippen molar-refractivity contribution < 1.29 is 27.9 Å². The summed E-state index contributed by atoms with van der Waals surface area (Å²) in [5.41, 5.74) is 5.98. The first-order valence-corrected chi connectivity index (χ1v) is 11.0. The Morgan fingerprint density at radius 1 is 1.19 bits per heavy atom. The van der Waals surface area contributed by atoms with Crippen molar-refractivity contribution >= 4 is 17.9 Å². The van der Waals surface area contributed by atoms with Crippen LogP contribution in [0.2, 0.25) is 0 Å². The molecule has 32 heavy (non-hydrogen) atoms. The maximum absolute atomic E-state index is 14.0. The fraction of sp³-hybridized carbons (Fsp3) is 0.609. The number of rotatable bonds is 5. The Labute approximate surface area is 186 Å². The van der Waals surface area contributed by atoms with Gasteiger partial charge in [-0.2, -0.15) is 0 Å². The van der Waals surface area contributed by atoms with Crippen molar-refractivity contribution in [1.82, 2.24) is 10.2 Å². The van der Waals surface area contributed by atoms with E-state index in [2.05, 4.69) is 5.32 Å². The number of aryl methyl sites for hydroxylation is 1. The lowest BCUT2D eigenvalue weighted by Crippen LogP contribution is -2.52. The van der Waals surface area contributed by atoms with Gasteiger partial charge < -0.3 is 20.7 Å². The van der Waals surface area contributed by atoms with Crippen LogP contribution in [0.5, 0.6) is 0 Å². The van der Waals surface area contributed by atoms with Gasteiger partial charge in [0, 0.05) is 24.9 Å². The van der Waals surface area contributed by atoms with Crippen LogP contribution in [-0.4, -0.2) is 47.0 Å². The van der Waals surface area contributed by atoms with Crippen molar-refractivity contribution in [1.29, 1.82) is 0 Å². The van der Waals surface area contributed by atoms with Crippen molar-refractivity contribution in [3.05, 3.63) is 34.9 Å². The minimum Gasteiger partial charge on any atom is -0.444 e. The molecule has 0 spiro atoms. The Hall–Kier alpha value is -2.71. The third kappa shape index (κ3) is 5.55. The predicted molar refractivity (Wildman–Crippen MR) is 114 cm³/mol. The number of hydrogen-bond acceptors (Lipinski definition) is 4. The summed E-state index contributed by atoms with van der Waals surface area (Å²) in [4.78, 5) is 39.0. The highest BCUT2D eigenvalue weighted by Crippen LogP contribution is 2.38.